The van der Waals surface area contributed by atoms with E-state index in [1.54, 1.807) is 45.0 Å². The zero-order valence-corrected chi connectivity index (χ0v) is 20.3. The number of fused-ring (bicyclic) bond motifs is 1. The van der Waals surface area contributed by atoms with Crippen LogP contribution in [0.1, 0.15) is 38.1 Å². The highest BCUT2D eigenvalue weighted by Gasteiger charge is 2.40. The van der Waals surface area contributed by atoms with Gasteiger partial charge in [-0.25, -0.2) is 0 Å². The molecule has 11 heteroatoms. The standard InChI is InChI=1S/C24H34N4O7/c1-14(31)26-21(22(34)18(32)13-30)17(12-29)28(11-19(33)27-24(2,3)4)23(35)16-9-5-7-15-8-6-10-25-20(15)16/h5-10,17-18,21-22,29-30,32,34H,11-13H2,1-4H3,(H,26,31)(H,27,33). The lowest BCUT2D eigenvalue weighted by Gasteiger charge is -2.39. The Morgan fingerprint density at radius 3 is 2.29 bits per heavy atom. The summed E-state index contributed by atoms with van der Waals surface area (Å²) in [5.41, 5.74) is -0.112. The van der Waals surface area contributed by atoms with Gasteiger partial charge in [-0.1, -0.05) is 18.2 Å². The summed E-state index contributed by atoms with van der Waals surface area (Å²) in [7, 11) is 0. The van der Waals surface area contributed by atoms with Gasteiger partial charge in [0.25, 0.3) is 5.91 Å². The molecule has 0 aliphatic carbocycles. The van der Waals surface area contributed by atoms with Crippen molar-refractivity contribution in [2.24, 2.45) is 0 Å². The molecule has 0 spiro atoms. The number of aliphatic hydroxyl groups is 4. The van der Waals surface area contributed by atoms with Gasteiger partial charge in [-0.2, -0.15) is 0 Å². The molecule has 0 aliphatic heterocycles. The number of carbonyl (C=O) groups excluding carboxylic acids is 3. The van der Waals surface area contributed by atoms with Gasteiger partial charge in [0, 0.05) is 24.0 Å². The van der Waals surface area contributed by atoms with Crippen molar-refractivity contribution in [2.75, 3.05) is 19.8 Å². The number of para-hydroxylation sites is 1. The quantitative estimate of drug-likeness (QED) is 0.250. The first-order valence-corrected chi connectivity index (χ1v) is 11.2. The second-order valence-electron chi connectivity index (χ2n) is 9.33. The highest BCUT2D eigenvalue weighted by molar-refractivity contribution is 6.06. The number of amides is 3. The molecule has 3 amide bonds. The fraction of sp³-hybridized carbons (Fsp3) is 0.500. The molecule has 4 unspecified atom stereocenters. The second-order valence-corrected chi connectivity index (χ2v) is 9.33. The molecule has 35 heavy (non-hydrogen) atoms. The van der Waals surface area contributed by atoms with E-state index in [0.29, 0.717) is 10.9 Å². The van der Waals surface area contributed by atoms with Gasteiger partial charge in [-0.05, 0) is 32.9 Å². The van der Waals surface area contributed by atoms with E-state index in [4.69, 9.17) is 0 Å². The van der Waals surface area contributed by atoms with E-state index in [-0.39, 0.29) is 5.56 Å². The summed E-state index contributed by atoms with van der Waals surface area (Å²) in [5, 5.41) is 46.1. The third-order valence-electron chi connectivity index (χ3n) is 5.27. The number of aromatic nitrogens is 1. The largest absolute Gasteiger partial charge is 0.394 e. The molecule has 1 heterocycles. The Labute approximate surface area is 203 Å². The first-order valence-electron chi connectivity index (χ1n) is 11.2. The third kappa shape index (κ3) is 7.43. The molecule has 11 nitrogen and oxygen atoms in total. The van der Waals surface area contributed by atoms with Crippen LogP contribution >= 0.6 is 0 Å². The van der Waals surface area contributed by atoms with Crippen LogP contribution < -0.4 is 10.6 Å². The van der Waals surface area contributed by atoms with E-state index >= 15 is 0 Å². The minimum absolute atomic E-state index is 0.142. The minimum atomic E-state index is -1.76. The van der Waals surface area contributed by atoms with Crippen LogP contribution in [-0.2, 0) is 9.59 Å². The number of aliphatic hydroxyl groups excluding tert-OH is 4. The molecule has 0 radical (unpaired) electrons. The molecule has 0 aliphatic rings. The second kappa shape index (κ2) is 12.0. The SMILES string of the molecule is CC(=O)NC(C(O)C(O)CO)C(CO)N(CC(=O)NC(C)(C)C)C(=O)c1cccc2cccnc12. The maximum Gasteiger partial charge on any atom is 0.256 e. The van der Waals surface area contributed by atoms with Gasteiger partial charge in [0.2, 0.25) is 11.8 Å². The third-order valence-corrected chi connectivity index (χ3v) is 5.27. The normalized spacial score (nSPS) is 15.1. The topological polar surface area (TPSA) is 172 Å². The van der Waals surface area contributed by atoms with Crippen LogP contribution in [0.3, 0.4) is 0 Å². The lowest BCUT2D eigenvalue weighted by atomic mass is 9.95. The Bertz CT molecular complexity index is 1030. The monoisotopic (exact) mass is 490 g/mol. The molecule has 2 aromatic rings. The molecule has 0 bridgehead atoms. The van der Waals surface area contributed by atoms with Crippen molar-refractivity contribution in [1.82, 2.24) is 20.5 Å². The highest BCUT2D eigenvalue weighted by Crippen LogP contribution is 2.21. The van der Waals surface area contributed by atoms with Crippen LogP contribution in [0.15, 0.2) is 36.5 Å². The Kier molecular flexibility index (Phi) is 9.66. The first kappa shape index (κ1) is 28.1. The Balaban J connectivity index is 2.60. The average Bonchev–Trinajstić information content (AvgIpc) is 2.79. The number of carbonyl (C=O) groups is 3. The lowest BCUT2D eigenvalue weighted by molar-refractivity contribution is -0.125. The zero-order chi connectivity index (χ0) is 26.3. The van der Waals surface area contributed by atoms with Gasteiger partial charge in [0.05, 0.1) is 36.4 Å². The van der Waals surface area contributed by atoms with Crippen LogP contribution in [0.5, 0.6) is 0 Å². The van der Waals surface area contributed by atoms with Crippen molar-refractivity contribution in [1.29, 1.82) is 0 Å². The molecule has 0 saturated heterocycles. The maximum absolute atomic E-state index is 13.8. The summed E-state index contributed by atoms with van der Waals surface area (Å²) in [5.74, 6) is -1.84. The van der Waals surface area contributed by atoms with Crippen LogP contribution in [0.4, 0.5) is 0 Å². The molecule has 0 fully saturated rings. The van der Waals surface area contributed by atoms with Crippen LogP contribution in [0, 0.1) is 0 Å². The van der Waals surface area contributed by atoms with Crippen LogP contribution in [0.2, 0.25) is 0 Å². The molecule has 0 saturated carbocycles. The van der Waals surface area contributed by atoms with Gasteiger partial charge in [0.1, 0.15) is 18.8 Å². The smallest absolute Gasteiger partial charge is 0.256 e. The molecule has 2 rings (SSSR count). The number of pyridine rings is 1. The first-order chi connectivity index (χ1) is 16.4. The molecule has 1 aromatic heterocycles. The van der Waals surface area contributed by atoms with Crippen molar-refractivity contribution < 1.29 is 34.8 Å². The molecule has 6 N–H and O–H groups in total. The Morgan fingerprint density at radius 2 is 1.71 bits per heavy atom. The minimum Gasteiger partial charge on any atom is -0.394 e. The van der Waals surface area contributed by atoms with Crippen molar-refractivity contribution in [3.63, 3.8) is 0 Å². The molecular weight excluding hydrogens is 456 g/mol. The molecule has 1 aromatic carbocycles. The van der Waals surface area contributed by atoms with Gasteiger partial charge < -0.3 is 36.0 Å². The van der Waals surface area contributed by atoms with E-state index in [1.807, 2.05) is 0 Å². The van der Waals surface area contributed by atoms with Gasteiger partial charge in [-0.15, -0.1) is 0 Å². The number of hydrogen-bond acceptors (Lipinski definition) is 8. The van der Waals surface area contributed by atoms with Gasteiger partial charge >= 0.3 is 0 Å². The van der Waals surface area contributed by atoms with E-state index < -0.39 is 67.3 Å². The lowest BCUT2D eigenvalue weighted by Crippen LogP contribution is -2.63. The van der Waals surface area contributed by atoms with Crippen LogP contribution in [0.25, 0.3) is 10.9 Å². The summed E-state index contributed by atoms with van der Waals surface area (Å²) in [4.78, 5) is 43.9. The fourth-order valence-electron chi connectivity index (χ4n) is 3.78. The van der Waals surface area contributed by atoms with Gasteiger partial charge in [0.15, 0.2) is 0 Å². The van der Waals surface area contributed by atoms with Crippen molar-refractivity contribution in [2.45, 2.75) is 57.5 Å². The molecule has 192 valence electrons. The number of hydrogen-bond donors (Lipinski definition) is 6. The summed E-state index contributed by atoms with van der Waals surface area (Å²) in [6.45, 7) is 4.31. The predicted octanol–water partition coefficient (Wildman–Crippen LogP) is -0.829. The number of rotatable bonds is 10. The Morgan fingerprint density at radius 1 is 1.06 bits per heavy atom. The molecular formula is C24H34N4O7. The van der Waals surface area contributed by atoms with E-state index in [9.17, 15) is 34.8 Å². The highest BCUT2D eigenvalue weighted by atomic mass is 16.4. The van der Waals surface area contributed by atoms with Crippen molar-refractivity contribution in [3.8, 4) is 0 Å². The maximum atomic E-state index is 13.8. The predicted molar refractivity (Wildman–Crippen MR) is 128 cm³/mol. The summed E-state index contributed by atoms with van der Waals surface area (Å²) < 4.78 is 0. The number of nitrogens with zero attached hydrogens (tertiary/aromatic N) is 2. The average molecular weight is 491 g/mol. The van der Waals surface area contributed by atoms with E-state index in [1.165, 1.54) is 12.3 Å². The zero-order valence-electron chi connectivity index (χ0n) is 20.3. The van der Waals surface area contributed by atoms with Gasteiger partial charge in [-0.3, -0.25) is 19.4 Å². The number of nitrogens with one attached hydrogen (secondary N) is 2. The van der Waals surface area contributed by atoms with Crippen molar-refractivity contribution in [3.05, 3.63) is 42.1 Å². The summed E-state index contributed by atoms with van der Waals surface area (Å²) in [6, 6.07) is 5.66. The molecule has 4 atom stereocenters. The van der Waals surface area contributed by atoms with E-state index in [2.05, 4.69) is 15.6 Å². The van der Waals surface area contributed by atoms with E-state index in [0.717, 1.165) is 11.8 Å². The summed E-state index contributed by atoms with van der Waals surface area (Å²) in [6.07, 6.45) is -1.92. The number of benzene rings is 1. The van der Waals surface area contributed by atoms with Crippen LogP contribution in [-0.4, -0.2) is 97.6 Å². The summed E-state index contributed by atoms with van der Waals surface area (Å²) >= 11 is 0. The fourth-order valence-corrected chi connectivity index (χ4v) is 3.78. The Hall–Kier alpha value is -3.12. The van der Waals surface area contributed by atoms with Crippen molar-refractivity contribution >= 4 is 28.6 Å².